The second-order valence-electron chi connectivity index (χ2n) is 5.08. The van der Waals surface area contributed by atoms with Crippen LogP contribution in [0.25, 0.3) is 16.3 Å². The quantitative estimate of drug-likeness (QED) is 0.297. The molecule has 0 saturated carbocycles. The van der Waals surface area contributed by atoms with Crippen molar-refractivity contribution in [3.05, 3.63) is 65.2 Å². The predicted molar refractivity (Wildman–Crippen MR) is 95.4 cm³/mol. The summed E-state index contributed by atoms with van der Waals surface area (Å²) >= 11 is 1.51. The molecule has 0 fully saturated rings. The first kappa shape index (κ1) is 16.1. The lowest BCUT2D eigenvalue weighted by molar-refractivity contribution is -0.128. The number of hydrogen-bond acceptors (Lipinski definition) is 5. The molecule has 0 aliphatic heterocycles. The maximum atomic E-state index is 11.9. The molecule has 120 valence electrons. The number of aromatic nitrogens is 1. The van der Waals surface area contributed by atoms with E-state index in [0.29, 0.717) is 17.7 Å². The number of nitrogens with zero attached hydrogens (tertiary/aromatic N) is 1. The van der Waals surface area contributed by atoms with Crippen LogP contribution in [0.15, 0.2) is 54.6 Å². The van der Waals surface area contributed by atoms with Gasteiger partial charge in [-0.1, -0.05) is 19.1 Å². The number of esters is 1. The Morgan fingerprint density at radius 3 is 2.58 bits per heavy atom. The van der Waals surface area contributed by atoms with E-state index in [1.807, 2.05) is 31.2 Å². The molecule has 0 saturated heterocycles. The van der Waals surface area contributed by atoms with Crippen molar-refractivity contribution in [2.45, 2.75) is 13.3 Å². The van der Waals surface area contributed by atoms with Gasteiger partial charge in [0.15, 0.2) is 5.78 Å². The lowest BCUT2D eigenvalue weighted by Crippen LogP contribution is -2.04. The van der Waals surface area contributed by atoms with E-state index >= 15 is 0 Å². The van der Waals surface area contributed by atoms with Crippen LogP contribution in [0.4, 0.5) is 0 Å². The molecule has 3 aromatic rings. The van der Waals surface area contributed by atoms with Crippen LogP contribution >= 0.6 is 11.3 Å². The number of Topliss-reactive ketones (excluding diaryl/α,β-unsaturated/α-hetero) is 1. The largest absolute Gasteiger partial charge is 0.423 e. The van der Waals surface area contributed by atoms with Crippen molar-refractivity contribution in [3.8, 4) is 5.75 Å². The molecule has 3 rings (SSSR count). The smallest absolute Gasteiger partial charge is 0.336 e. The van der Waals surface area contributed by atoms with E-state index < -0.39 is 5.97 Å². The second-order valence-corrected chi connectivity index (χ2v) is 6.14. The number of rotatable bonds is 5. The second kappa shape index (κ2) is 7.19. The van der Waals surface area contributed by atoms with Gasteiger partial charge in [0.1, 0.15) is 10.8 Å². The van der Waals surface area contributed by atoms with E-state index in [9.17, 15) is 9.59 Å². The summed E-state index contributed by atoms with van der Waals surface area (Å²) in [7, 11) is 0. The first-order valence-electron chi connectivity index (χ1n) is 7.54. The van der Waals surface area contributed by atoms with Crippen molar-refractivity contribution < 1.29 is 14.3 Å². The van der Waals surface area contributed by atoms with Crippen LogP contribution in [0.5, 0.6) is 5.75 Å². The zero-order valence-corrected chi connectivity index (χ0v) is 13.9. The number of ether oxygens (including phenoxy) is 1. The molecule has 0 atom stereocenters. The summed E-state index contributed by atoms with van der Waals surface area (Å²) < 4.78 is 6.29. The number of para-hydroxylation sites is 1. The topological polar surface area (TPSA) is 56.3 Å². The minimum Gasteiger partial charge on any atom is -0.423 e. The van der Waals surface area contributed by atoms with Crippen LogP contribution in [0.3, 0.4) is 0 Å². The van der Waals surface area contributed by atoms with Gasteiger partial charge in [0.2, 0.25) is 0 Å². The van der Waals surface area contributed by atoms with E-state index in [4.69, 9.17) is 4.74 Å². The van der Waals surface area contributed by atoms with Crippen LogP contribution in [0.2, 0.25) is 0 Å². The lowest BCUT2D eigenvalue weighted by atomic mass is 10.1. The Hall–Kier alpha value is -2.79. The van der Waals surface area contributed by atoms with Gasteiger partial charge in [-0.05, 0) is 42.5 Å². The summed E-state index contributed by atoms with van der Waals surface area (Å²) in [6.07, 6.45) is 3.44. The molecule has 0 radical (unpaired) electrons. The van der Waals surface area contributed by atoms with E-state index in [1.165, 1.54) is 17.4 Å². The number of benzene rings is 2. The lowest BCUT2D eigenvalue weighted by Gasteiger charge is -2.02. The van der Waals surface area contributed by atoms with Crippen molar-refractivity contribution in [2.75, 3.05) is 0 Å². The van der Waals surface area contributed by atoms with E-state index in [2.05, 4.69) is 4.98 Å². The summed E-state index contributed by atoms with van der Waals surface area (Å²) in [5.41, 5.74) is 1.52. The Labute approximate surface area is 143 Å². The van der Waals surface area contributed by atoms with Gasteiger partial charge in [0, 0.05) is 18.1 Å². The maximum absolute atomic E-state index is 11.9. The summed E-state index contributed by atoms with van der Waals surface area (Å²) in [6.45, 7) is 1.81. The van der Waals surface area contributed by atoms with E-state index in [0.717, 1.165) is 15.2 Å². The average Bonchev–Trinajstić information content (AvgIpc) is 3.03. The normalized spacial score (nSPS) is 11.0. The van der Waals surface area contributed by atoms with Crippen LogP contribution in [0.1, 0.15) is 28.7 Å². The summed E-state index contributed by atoms with van der Waals surface area (Å²) in [4.78, 5) is 27.9. The molecule has 0 unspecified atom stereocenters. The fraction of sp³-hybridized carbons (Fsp3) is 0.105. The van der Waals surface area contributed by atoms with Crippen LogP contribution < -0.4 is 4.74 Å². The standard InChI is InChI=1S/C19H15NO3S/c1-2-16(21)13-7-9-14(10-8-13)23-19(22)12-11-18-20-15-5-3-4-6-17(15)24-18/h3-12H,2H2,1H3/b12-11+. The van der Waals surface area contributed by atoms with E-state index in [1.54, 1.807) is 30.3 Å². The Kier molecular flexibility index (Phi) is 4.82. The van der Waals surface area contributed by atoms with Crippen LogP contribution in [-0.2, 0) is 4.79 Å². The Bertz CT molecular complexity index is 877. The predicted octanol–water partition coefficient (Wildman–Crippen LogP) is 4.51. The van der Waals surface area contributed by atoms with Crippen molar-refractivity contribution >= 4 is 39.4 Å². The fourth-order valence-electron chi connectivity index (χ4n) is 2.16. The highest BCUT2D eigenvalue weighted by Gasteiger charge is 2.05. The number of carbonyl (C=O) groups excluding carboxylic acids is 2. The van der Waals surface area contributed by atoms with Crippen molar-refractivity contribution in [1.82, 2.24) is 4.98 Å². The van der Waals surface area contributed by atoms with Gasteiger partial charge in [0.05, 0.1) is 10.2 Å². The van der Waals surface area contributed by atoms with Gasteiger partial charge in [-0.15, -0.1) is 11.3 Å². The third-order valence-electron chi connectivity index (χ3n) is 3.39. The van der Waals surface area contributed by atoms with Crippen molar-refractivity contribution in [2.24, 2.45) is 0 Å². The average molecular weight is 337 g/mol. The molecule has 0 aliphatic rings. The molecule has 4 nitrogen and oxygen atoms in total. The summed E-state index contributed by atoms with van der Waals surface area (Å²) in [6, 6.07) is 14.4. The molecule has 5 heteroatoms. The molecule has 0 bridgehead atoms. The van der Waals surface area contributed by atoms with Gasteiger partial charge in [-0.2, -0.15) is 0 Å². The third kappa shape index (κ3) is 3.75. The molecule has 0 N–H and O–H groups in total. The highest BCUT2D eigenvalue weighted by Crippen LogP contribution is 2.22. The fourth-order valence-corrected chi connectivity index (χ4v) is 3.03. The van der Waals surface area contributed by atoms with Gasteiger partial charge < -0.3 is 4.74 Å². The van der Waals surface area contributed by atoms with Crippen molar-refractivity contribution in [3.63, 3.8) is 0 Å². The molecular weight excluding hydrogens is 322 g/mol. The number of fused-ring (bicyclic) bond motifs is 1. The van der Waals surface area contributed by atoms with Crippen LogP contribution in [0, 0.1) is 0 Å². The van der Waals surface area contributed by atoms with Gasteiger partial charge in [-0.3, -0.25) is 4.79 Å². The number of ketones is 1. The zero-order valence-electron chi connectivity index (χ0n) is 13.1. The van der Waals surface area contributed by atoms with Crippen molar-refractivity contribution in [1.29, 1.82) is 0 Å². The molecule has 2 aromatic carbocycles. The highest BCUT2D eigenvalue weighted by molar-refractivity contribution is 7.19. The minimum absolute atomic E-state index is 0.0589. The zero-order chi connectivity index (χ0) is 16.9. The molecule has 0 aliphatic carbocycles. The monoisotopic (exact) mass is 337 g/mol. The molecule has 1 heterocycles. The van der Waals surface area contributed by atoms with Gasteiger partial charge in [-0.25, -0.2) is 9.78 Å². The number of thiazole rings is 1. The molecule has 1 aromatic heterocycles. The summed E-state index contributed by atoms with van der Waals surface area (Å²) in [5.74, 6) is -0.0194. The SMILES string of the molecule is CCC(=O)c1ccc(OC(=O)/C=C/c2nc3ccccc3s2)cc1. The number of hydrogen-bond donors (Lipinski definition) is 0. The van der Waals surface area contributed by atoms with Gasteiger partial charge in [0.25, 0.3) is 0 Å². The number of carbonyl (C=O) groups is 2. The first-order valence-corrected chi connectivity index (χ1v) is 8.36. The summed E-state index contributed by atoms with van der Waals surface area (Å²) in [5, 5.41) is 0.747. The Balaban J connectivity index is 1.65. The van der Waals surface area contributed by atoms with Crippen LogP contribution in [-0.4, -0.2) is 16.7 Å². The van der Waals surface area contributed by atoms with E-state index in [-0.39, 0.29) is 5.78 Å². The van der Waals surface area contributed by atoms with Gasteiger partial charge >= 0.3 is 5.97 Å². The minimum atomic E-state index is -0.483. The first-order chi connectivity index (χ1) is 11.7. The maximum Gasteiger partial charge on any atom is 0.336 e. The molecular formula is C19H15NO3S. The molecule has 0 spiro atoms. The third-order valence-corrected chi connectivity index (χ3v) is 4.39. The highest BCUT2D eigenvalue weighted by atomic mass is 32.1. The Morgan fingerprint density at radius 2 is 1.88 bits per heavy atom. The Morgan fingerprint density at radius 1 is 1.12 bits per heavy atom. The molecule has 0 amide bonds. The molecule has 24 heavy (non-hydrogen) atoms.